The Morgan fingerprint density at radius 3 is 2.38 bits per heavy atom. The van der Waals surface area contributed by atoms with Gasteiger partial charge in [-0.3, -0.25) is 9.36 Å². The summed E-state index contributed by atoms with van der Waals surface area (Å²) in [6, 6.07) is 15.9. The van der Waals surface area contributed by atoms with E-state index in [0.717, 1.165) is 34.5 Å². The van der Waals surface area contributed by atoms with E-state index in [-0.39, 0.29) is 12.1 Å². The van der Waals surface area contributed by atoms with Crippen molar-refractivity contribution in [1.82, 2.24) is 14.3 Å². The molecule has 2 aromatic heterocycles. The first-order valence-corrected chi connectivity index (χ1v) is 9.07. The molecule has 7 heteroatoms. The highest BCUT2D eigenvalue weighted by atomic mass is 19.4. The van der Waals surface area contributed by atoms with Crippen LogP contribution in [0.5, 0.6) is 0 Å². The molecule has 0 unspecified atom stereocenters. The second-order valence-corrected chi connectivity index (χ2v) is 6.98. The van der Waals surface area contributed by atoms with Crippen LogP contribution in [0, 0.1) is 13.8 Å². The normalized spacial score (nSPS) is 11.9. The van der Waals surface area contributed by atoms with Gasteiger partial charge in [-0.15, -0.1) is 0 Å². The van der Waals surface area contributed by atoms with E-state index >= 15 is 0 Å². The lowest BCUT2D eigenvalue weighted by Gasteiger charge is -2.14. The fourth-order valence-corrected chi connectivity index (χ4v) is 3.60. The molecule has 0 atom stereocenters. The maximum Gasteiger partial charge on any atom is 0.416 e. The molecule has 4 nitrogen and oxygen atoms in total. The highest BCUT2D eigenvalue weighted by Gasteiger charge is 2.30. The zero-order valence-corrected chi connectivity index (χ0v) is 15.9. The number of aryl methyl sites for hydroxylation is 2. The average Bonchev–Trinajstić information content (AvgIpc) is 3.03. The molecule has 0 N–H and O–H groups in total. The number of alkyl halides is 3. The van der Waals surface area contributed by atoms with Crippen LogP contribution in [-0.4, -0.2) is 14.3 Å². The minimum absolute atomic E-state index is 0.0114. The first-order chi connectivity index (χ1) is 13.8. The van der Waals surface area contributed by atoms with Crippen LogP contribution < -0.4 is 5.56 Å². The maximum atomic E-state index is 13.1. The molecular formula is C22H18F3N3O. The van der Waals surface area contributed by atoms with Crippen molar-refractivity contribution in [1.29, 1.82) is 0 Å². The van der Waals surface area contributed by atoms with E-state index in [4.69, 9.17) is 0 Å². The first kappa shape index (κ1) is 19.0. The van der Waals surface area contributed by atoms with E-state index in [0.29, 0.717) is 11.2 Å². The highest BCUT2D eigenvalue weighted by molar-refractivity contribution is 5.83. The zero-order valence-electron chi connectivity index (χ0n) is 15.9. The Morgan fingerprint density at radius 1 is 0.966 bits per heavy atom. The van der Waals surface area contributed by atoms with Gasteiger partial charge in [0.15, 0.2) is 0 Å². The van der Waals surface area contributed by atoms with Crippen molar-refractivity contribution < 1.29 is 13.2 Å². The number of nitrogens with zero attached hydrogens (tertiary/aromatic N) is 3. The maximum absolute atomic E-state index is 13.1. The van der Waals surface area contributed by atoms with Gasteiger partial charge in [-0.1, -0.05) is 30.3 Å². The quantitative estimate of drug-likeness (QED) is 0.495. The molecule has 0 aliphatic carbocycles. The molecule has 0 amide bonds. The SMILES string of the molecule is Cc1cc(=O)n(Cc2cccc(C(F)(F)F)c2)c2c1c(C)nn2-c1ccccc1. The van der Waals surface area contributed by atoms with E-state index in [2.05, 4.69) is 5.10 Å². The molecule has 29 heavy (non-hydrogen) atoms. The number of fused-ring (bicyclic) bond motifs is 1. The number of pyridine rings is 1. The van der Waals surface area contributed by atoms with Gasteiger partial charge in [-0.25, -0.2) is 4.68 Å². The van der Waals surface area contributed by atoms with E-state index in [9.17, 15) is 18.0 Å². The lowest BCUT2D eigenvalue weighted by atomic mass is 10.1. The third-order valence-electron chi connectivity index (χ3n) is 4.89. The lowest BCUT2D eigenvalue weighted by molar-refractivity contribution is -0.137. The van der Waals surface area contributed by atoms with Crippen LogP contribution in [0.1, 0.15) is 22.4 Å². The molecule has 0 spiro atoms. The fraction of sp³-hybridized carbons (Fsp3) is 0.182. The summed E-state index contributed by atoms with van der Waals surface area (Å²) in [7, 11) is 0. The van der Waals surface area contributed by atoms with Crippen molar-refractivity contribution in [2.75, 3.05) is 0 Å². The Morgan fingerprint density at radius 2 is 1.69 bits per heavy atom. The first-order valence-electron chi connectivity index (χ1n) is 9.07. The summed E-state index contributed by atoms with van der Waals surface area (Å²) < 4.78 is 42.4. The third kappa shape index (κ3) is 3.44. The molecule has 4 aromatic rings. The van der Waals surface area contributed by atoms with Gasteiger partial charge in [0.1, 0.15) is 5.65 Å². The summed E-state index contributed by atoms with van der Waals surface area (Å²) in [5.74, 6) is 0. The van der Waals surface area contributed by atoms with Crippen molar-refractivity contribution >= 4 is 11.0 Å². The van der Waals surface area contributed by atoms with E-state index in [1.54, 1.807) is 10.7 Å². The molecule has 4 rings (SSSR count). The summed E-state index contributed by atoms with van der Waals surface area (Å²) in [6.07, 6.45) is -4.44. The van der Waals surface area contributed by atoms with Gasteiger partial charge < -0.3 is 0 Å². The van der Waals surface area contributed by atoms with Gasteiger partial charge >= 0.3 is 6.18 Å². The summed E-state index contributed by atoms with van der Waals surface area (Å²) in [5, 5.41) is 5.42. The van der Waals surface area contributed by atoms with Gasteiger partial charge in [0.25, 0.3) is 5.56 Å². The van der Waals surface area contributed by atoms with Gasteiger partial charge in [0.05, 0.1) is 23.5 Å². The second kappa shape index (κ2) is 6.92. The van der Waals surface area contributed by atoms with Gasteiger partial charge in [0.2, 0.25) is 0 Å². The molecule has 148 valence electrons. The topological polar surface area (TPSA) is 39.8 Å². The molecule has 0 bridgehead atoms. The van der Waals surface area contributed by atoms with E-state index in [1.807, 2.05) is 44.2 Å². The predicted molar refractivity (Wildman–Crippen MR) is 105 cm³/mol. The Bertz CT molecular complexity index is 1250. The predicted octanol–water partition coefficient (Wildman–Crippen LogP) is 4.87. The van der Waals surface area contributed by atoms with Crippen LogP contribution in [-0.2, 0) is 12.7 Å². The molecule has 2 heterocycles. The number of hydrogen-bond acceptors (Lipinski definition) is 2. The van der Waals surface area contributed by atoms with Crippen LogP contribution >= 0.6 is 0 Å². The van der Waals surface area contributed by atoms with Gasteiger partial charge in [0, 0.05) is 11.5 Å². The smallest absolute Gasteiger partial charge is 0.288 e. The Balaban J connectivity index is 1.95. The van der Waals surface area contributed by atoms with Crippen molar-refractivity contribution in [3.63, 3.8) is 0 Å². The van der Waals surface area contributed by atoms with Crippen LogP contribution in [0.15, 0.2) is 65.5 Å². The summed E-state index contributed by atoms with van der Waals surface area (Å²) in [4.78, 5) is 12.8. The largest absolute Gasteiger partial charge is 0.416 e. The Hall–Kier alpha value is -3.35. The third-order valence-corrected chi connectivity index (χ3v) is 4.89. The highest BCUT2D eigenvalue weighted by Crippen LogP contribution is 2.30. The average molecular weight is 397 g/mol. The monoisotopic (exact) mass is 397 g/mol. The Kier molecular flexibility index (Phi) is 4.53. The van der Waals surface area contributed by atoms with Crippen molar-refractivity contribution in [3.05, 3.63) is 93.4 Å². The summed E-state index contributed by atoms with van der Waals surface area (Å²) in [5.41, 5.74) is 2.24. The van der Waals surface area contributed by atoms with Crippen LogP contribution in [0.3, 0.4) is 0 Å². The molecule has 0 saturated heterocycles. The molecule has 0 fully saturated rings. The molecular weight excluding hydrogens is 379 g/mol. The van der Waals surface area contributed by atoms with Gasteiger partial charge in [-0.05, 0) is 49.2 Å². The number of para-hydroxylation sites is 1. The molecule has 0 radical (unpaired) electrons. The number of halogens is 3. The van der Waals surface area contributed by atoms with Crippen molar-refractivity contribution in [2.45, 2.75) is 26.6 Å². The minimum atomic E-state index is -4.44. The van der Waals surface area contributed by atoms with Crippen molar-refractivity contribution in [2.24, 2.45) is 0 Å². The van der Waals surface area contributed by atoms with E-state index < -0.39 is 11.7 Å². The van der Waals surface area contributed by atoms with Crippen LogP contribution in [0.4, 0.5) is 13.2 Å². The fourth-order valence-electron chi connectivity index (χ4n) is 3.60. The molecule has 0 saturated carbocycles. The standard InChI is InChI=1S/C22H18F3N3O/c1-14-11-19(29)27(13-16-7-6-8-17(12-16)22(23,24)25)21-20(14)15(2)26-28(21)18-9-4-3-5-10-18/h3-12H,13H2,1-2H3. The molecule has 0 aliphatic heterocycles. The number of rotatable bonds is 3. The Labute approximate surface area is 164 Å². The molecule has 2 aromatic carbocycles. The lowest BCUT2D eigenvalue weighted by Crippen LogP contribution is -2.23. The van der Waals surface area contributed by atoms with Crippen LogP contribution in [0.25, 0.3) is 16.7 Å². The number of hydrogen-bond donors (Lipinski definition) is 0. The van der Waals surface area contributed by atoms with E-state index in [1.165, 1.54) is 16.7 Å². The number of benzene rings is 2. The van der Waals surface area contributed by atoms with Crippen LogP contribution in [0.2, 0.25) is 0 Å². The van der Waals surface area contributed by atoms with Crippen molar-refractivity contribution in [3.8, 4) is 5.69 Å². The van der Waals surface area contributed by atoms with Gasteiger partial charge in [-0.2, -0.15) is 18.3 Å². The number of aromatic nitrogens is 3. The second-order valence-electron chi connectivity index (χ2n) is 6.98. The summed E-state index contributed by atoms with van der Waals surface area (Å²) >= 11 is 0. The minimum Gasteiger partial charge on any atom is -0.288 e. The summed E-state index contributed by atoms with van der Waals surface area (Å²) in [6.45, 7) is 3.70. The zero-order chi connectivity index (χ0) is 20.8. The molecule has 0 aliphatic rings.